The standard InChI is InChI=1S/C11H19N3O/c1-13(10-7-12-14(2)8-10)9-11-5-3-4-6-15-11/h7-8,11H,3-6,9H2,1-2H3. The quantitative estimate of drug-likeness (QED) is 0.754. The third-order valence-corrected chi connectivity index (χ3v) is 2.88. The van der Waals surface area contributed by atoms with Crippen LogP contribution in [0.1, 0.15) is 19.3 Å². The highest BCUT2D eigenvalue weighted by Crippen LogP contribution is 2.16. The Kier molecular flexibility index (Phi) is 3.26. The number of hydrogen-bond acceptors (Lipinski definition) is 3. The Morgan fingerprint density at radius 1 is 1.60 bits per heavy atom. The average molecular weight is 209 g/mol. The van der Waals surface area contributed by atoms with E-state index in [1.54, 1.807) is 0 Å². The molecular weight excluding hydrogens is 190 g/mol. The Bertz CT molecular complexity index is 305. The summed E-state index contributed by atoms with van der Waals surface area (Å²) in [4.78, 5) is 2.21. The van der Waals surface area contributed by atoms with Crippen LogP contribution in [0.15, 0.2) is 12.4 Å². The van der Waals surface area contributed by atoms with Crippen molar-refractivity contribution in [3.8, 4) is 0 Å². The van der Waals surface area contributed by atoms with Crippen LogP contribution in [0.25, 0.3) is 0 Å². The molecule has 0 N–H and O–H groups in total. The Labute approximate surface area is 90.8 Å². The second-order valence-electron chi connectivity index (χ2n) is 4.24. The van der Waals surface area contributed by atoms with Crippen LogP contribution in [0.2, 0.25) is 0 Å². The van der Waals surface area contributed by atoms with Gasteiger partial charge in [-0.05, 0) is 19.3 Å². The molecule has 1 atom stereocenters. The summed E-state index contributed by atoms with van der Waals surface area (Å²) in [5.74, 6) is 0. The molecule has 4 nitrogen and oxygen atoms in total. The maximum absolute atomic E-state index is 5.71. The average Bonchev–Trinajstić information content (AvgIpc) is 2.66. The zero-order valence-electron chi connectivity index (χ0n) is 9.52. The monoisotopic (exact) mass is 209 g/mol. The fourth-order valence-corrected chi connectivity index (χ4v) is 1.97. The molecule has 1 aliphatic rings. The fourth-order valence-electron chi connectivity index (χ4n) is 1.97. The maximum atomic E-state index is 5.71. The van der Waals surface area contributed by atoms with Gasteiger partial charge in [-0.1, -0.05) is 0 Å². The number of likely N-dealkylation sites (N-methyl/N-ethyl adjacent to an activating group) is 1. The second kappa shape index (κ2) is 4.66. The topological polar surface area (TPSA) is 30.3 Å². The van der Waals surface area contributed by atoms with Gasteiger partial charge in [-0.25, -0.2) is 0 Å². The van der Waals surface area contributed by atoms with Crippen molar-refractivity contribution in [2.45, 2.75) is 25.4 Å². The lowest BCUT2D eigenvalue weighted by molar-refractivity contribution is 0.0216. The first-order valence-electron chi connectivity index (χ1n) is 5.57. The number of rotatable bonds is 3. The zero-order chi connectivity index (χ0) is 10.7. The van der Waals surface area contributed by atoms with Crippen molar-refractivity contribution in [2.24, 2.45) is 7.05 Å². The summed E-state index contributed by atoms with van der Waals surface area (Å²) in [6.45, 7) is 1.89. The van der Waals surface area contributed by atoms with E-state index in [2.05, 4.69) is 17.0 Å². The molecule has 1 unspecified atom stereocenters. The van der Waals surface area contributed by atoms with Crippen LogP contribution in [0.5, 0.6) is 0 Å². The first-order valence-corrected chi connectivity index (χ1v) is 5.57. The molecule has 15 heavy (non-hydrogen) atoms. The summed E-state index contributed by atoms with van der Waals surface area (Å²) < 4.78 is 7.53. The van der Waals surface area contributed by atoms with Crippen molar-refractivity contribution in [3.63, 3.8) is 0 Å². The number of anilines is 1. The lowest BCUT2D eigenvalue weighted by atomic mass is 10.1. The van der Waals surface area contributed by atoms with Crippen LogP contribution in [0.3, 0.4) is 0 Å². The van der Waals surface area contributed by atoms with E-state index in [4.69, 9.17) is 4.74 Å². The first-order chi connectivity index (χ1) is 7.25. The van der Waals surface area contributed by atoms with Gasteiger partial charge in [0.25, 0.3) is 0 Å². The van der Waals surface area contributed by atoms with Crippen molar-refractivity contribution < 1.29 is 4.74 Å². The summed E-state index contributed by atoms with van der Waals surface area (Å²) in [5, 5.41) is 4.16. The first kappa shape index (κ1) is 10.5. The summed E-state index contributed by atoms with van der Waals surface area (Å²) in [5.41, 5.74) is 1.16. The van der Waals surface area contributed by atoms with Crippen molar-refractivity contribution in [1.29, 1.82) is 0 Å². The molecule has 2 rings (SSSR count). The molecule has 0 aromatic carbocycles. The zero-order valence-corrected chi connectivity index (χ0v) is 9.52. The summed E-state index contributed by atoms with van der Waals surface area (Å²) >= 11 is 0. The number of aryl methyl sites for hydroxylation is 1. The minimum Gasteiger partial charge on any atom is -0.376 e. The molecule has 1 aromatic heterocycles. The highest BCUT2D eigenvalue weighted by atomic mass is 16.5. The largest absolute Gasteiger partial charge is 0.376 e. The lowest BCUT2D eigenvalue weighted by Gasteiger charge is -2.27. The van der Waals surface area contributed by atoms with E-state index in [-0.39, 0.29) is 0 Å². The van der Waals surface area contributed by atoms with E-state index in [0.717, 1.165) is 18.8 Å². The highest BCUT2D eigenvalue weighted by Gasteiger charge is 2.16. The van der Waals surface area contributed by atoms with E-state index in [9.17, 15) is 0 Å². The molecule has 2 heterocycles. The van der Waals surface area contributed by atoms with Crippen LogP contribution < -0.4 is 4.90 Å². The number of aromatic nitrogens is 2. The van der Waals surface area contributed by atoms with E-state index in [1.165, 1.54) is 19.3 Å². The Balaban J connectivity index is 1.88. The molecule has 1 saturated heterocycles. The third kappa shape index (κ3) is 2.72. The van der Waals surface area contributed by atoms with Crippen molar-refractivity contribution >= 4 is 5.69 Å². The molecule has 0 aliphatic carbocycles. The maximum Gasteiger partial charge on any atom is 0.0750 e. The van der Waals surface area contributed by atoms with Gasteiger partial charge in [0.2, 0.25) is 0 Å². The molecule has 1 aromatic rings. The minimum absolute atomic E-state index is 0.393. The molecule has 1 fully saturated rings. The molecule has 0 amide bonds. The van der Waals surface area contributed by atoms with Gasteiger partial charge in [0.15, 0.2) is 0 Å². The van der Waals surface area contributed by atoms with Gasteiger partial charge >= 0.3 is 0 Å². The number of nitrogens with zero attached hydrogens (tertiary/aromatic N) is 3. The van der Waals surface area contributed by atoms with E-state index in [0.29, 0.717) is 6.10 Å². The van der Waals surface area contributed by atoms with Gasteiger partial charge < -0.3 is 9.64 Å². The molecule has 1 aliphatic heterocycles. The van der Waals surface area contributed by atoms with Crippen LogP contribution in [0.4, 0.5) is 5.69 Å². The van der Waals surface area contributed by atoms with Crippen LogP contribution in [0, 0.1) is 0 Å². The van der Waals surface area contributed by atoms with Crippen LogP contribution in [-0.2, 0) is 11.8 Å². The lowest BCUT2D eigenvalue weighted by Crippen LogP contribution is -2.33. The second-order valence-corrected chi connectivity index (χ2v) is 4.24. The number of ether oxygens (including phenoxy) is 1. The van der Waals surface area contributed by atoms with E-state index < -0.39 is 0 Å². The predicted octanol–water partition coefficient (Wildman–Crippen LogP) is 1.43. The van der Waals surface area contributed by atoms with Crippen LogP contribution >= 0.6 is 0 Å². The van der Waals surface area contributed by atoms with Gasteiger partial charge in [0.1, 0.15) is 0 Å². The van der Waals surface area contributed by atoms with Gasteiger partial charge in [0.05, 0.1) is 18.0 Å². The third-order valence-electron chi connectivity index (χ3n) is 2.88. The molecule has 4 heteroatoms. The summed E-state index contributed by atoms with van der Waals surface area (Å²) in [6.07, 6.45) is 8.01. The SMILES string of the molecule is CN(CC1CCCCO1)c1cnn(C)c1. The van der Waals surface area contributed by atoms with Crippen molar-refractivity contribution in [2.75, 3.05) is 25.1 Å². The number of hydrogen-bond donors (Lipinski definition) is 0. The summed E-state index contributed by atoms with van der Waals surface area (Å²) in [7, 11) is 4.03. The normalized spacial score (nSPS) is 21.6. The summed E-state index contributed by atoms with van der Waals surface area (Å²) in [6, 6.07) is 0. The van der Waals surface area contributed by atoms with E-state index >= 15 is 0 Å². The molecular formula is C11H19N3O. The molecule has 0 radical (unpaired) electrons. The van der Waals surface area contributed by atoms with Gasteiger partial charge in [-0.15, -0.1) is 0 Å². The predicted molar refractivity (Wildman–Crippen MR) is 60.1 cm³/mol. The molecule has 0 bridgehead atoms. The Morgan fingerprint density at radius 2 is 2.47 bits per heavy atom. The smallest absolute Gasteiger partial charge is 0.0750 e. The molecule has 84 valence electrons. The molecule has 0 saturated carbocycles. The van der Waals surface area contributed by atoms with Gasteiger partial charge in [-0.2, -0.15) is 5.10 Å². The van der Waals surface area contributed by atoms with Gasteiger partial charge in [0, 0.05) is 33.4 Å². The fraction of sp³-hybridized carbons (Fsp3) is 0.727. The minimum atomic E-state index is 0.393. The van der Waals surface area contributed by atoms with Crippen LogP contribution in [-0.4, -0.2) is 36.1 Å². The highest BCUT2D eigenvalue weighted by molar-refractivity contribution is 5.41. The Morgan fingerprint density at radius 3 is 3.07 bits per heavy atom. The molecule has 0 spiro atoms. The Hall–Kier alpha value is -1.03. The van der Waals surface area contributed by atoms with E-state index in [1.807, 2.05) is 24.1 Å². The van der Waals surface area contributed by atoms with Crippen molar-refractivity contribution in [1.82, 2.24) is 9.78 Å². The van der Waals surface area contributed by atoms with Gasteiger partial charge in [-0.3, -0.25) is 4.68 Å². The van der Waals surface area contributed by atoms with Crippen molar-refractivity contribution in [3.05, 3.63) is 12.4 Å².